The molecule has 20 heavy (non-hydrogen) atoms. The third-order valence-corrected chi connectivity index (χ3v) is 3.59. The summed E-state index contributed by atoms with van der Waals surface area (Å²) in [5.74, 6) is 5.30. The molecule has 0 radical (unpaired) electrons. The summed E-state index contributed by atoms with van der Waals surface area (Å²) in [5.41, 5.74) is 4.45. The van der Waals surface area contributed by atoms with Crippen LogP contribution in [0.5, 0.6) is 0 Å². The predicted molar refractivity (Wildman–Crippen MR) is 79.4 cm³/mol. The van der Waals surface area contributed by atoms with Crippen LogP contribution in [0.2, 0.25) is 0 Å². The molecule has 4 N–H and O–H groups in total. The van der Waals surface area contributed by atoms with E-state index in [1.807, 2.05) is 6.92 Å². The molecule has 1 saturated carbocycles. The molecular formula is C14H23N5O. The molecule has 0 spiro atoms. The van der Waals surface area contributed by atoms with Gasteiger partial charge in [-0.3, -0.25) is 20.5 Å². The van der Waals surface area contributed by atoms with Crippen LogP contribution in [0.1, 0.15) is 35.8 Å². The van der Waals surface area contributed by atoms with Gasteiger partial charge in [0.15, 0.2) is 0 Å². The quantitative estimate of drug-likeness (QED) is 0.509. The Morgan fingerprint density at radius 1 is 1.55 bits per heavy atom. The van der Waals surface area contributed by atoms with Crippen molar-refractivity contribution in [1.29, 1.82) is 0 Å². The molecule has 1 aliphatic carbocycles. The van der Waals surface area contributed by atoms with Crippen LogP contribution in [0.25, 0.3) is 0 Å². The molecule has 0 aromatic carbocycles. The van der Waals surface area contributed by atoms with Crippen molar-refractivity contribution in [3.8, 4) is 0 Å². The number of nitrogen functional groups attached to an aromatic ring is 1. The number of carbonyl (C=O) groups excluding carboxylic acids is 1. The number of anilines is 1. The van der Waals surface area contributed by atoms with Crippen molar-refractivity contribution < 1.29 is 4.79 Å². The Kier molecular flexibility index (Phi) is 4.92. The number of hydrogen-bond donors (Lipinski definition) is 3. The highest BCUT2D eigenvalue weighted by Crippen LogP contribution is 2.25. The number of nitrogens with zero attached hydrogens (tertiary/aromatic N) is 2. The number of pyridine rings is 1. The zero-order chi connectivity index (χ0) is 14.5. The molecule has 1 heterocycles. The number of rotatable bonds is 7. The number of hydrazine groups is 1. The van der Waals surface area contributed by atoms with Gasteiger partial charge in [-0.15, -0.1) is 0 Å². The van der Waals surface area contributed by atoms with Gasteiger partial charge in [0.2, 0.25) is 0 Å². The number of aromatic nitrogens is 1. The molecule has 0 unspecified atom stereocenters. The summed E-state index contributed by atoms with van der Waals surface area (Å²) in [6.45, 7) is 6.57. The first-order valence-electron chi connectivity index (χ1n) is 7.11. The van der Waals surface area contributed by atoms with E-state index in [0.29, 0.717) is 17.8 Å². The fourth-order valence-corrected chi connectivity index (χ4v) is 2.31. The Morgan fingerprint density at radius 3 is 2.90 bits per heavy atom. The van der Waals surface area contributed by atoms with Gasteiger partial charge < -0.3 is 10.7 Å². The van der Waals surface area contributed by atoms with Crippen LogP contribution in [0.15, 0.2) is 12.3 Å². The normalized spacial score (nSPS) is 14.4. The van der Waals surface area contributed by atoms with Crippen LogP contribution in [0.4, 0.5) is 5.69 Å². The standard InChI is InChI=1S/C14H23N5O/c1-3-19(11-4-5-11)7-6-16-14(20)12-9-17-10(2)8-13(12)18-15/h8-9,11H,3-7,15H2,1-2H3,(H,16,20)(H,17,18). The van der Waals surface area contributed by atoms with Crippen molar-refractivity contribution in [2.45, 2.75) is 32.7 Å². The second-order valence-electron chi connectivity index (χ2n) is 5.13. The Hall–Kier alpha value is -1.66. The molecule has 0 saturated heterocycles. The molecule has 0 bridgehead atoms. The lowest BCUT2D eigenvalue weighted by atomic mass is 10.2. The minimum Gasteiger partial charge on any atom is -0.351 e. The number of amides is 1. The molecule has 1 amide bonds. The van der Waals surface area contributed by atoms with E-state index in [0.717, 1.165) is 24.8 Å². The van der Waals surface area contributed by atoms with Gasteiger partial charge in [-0.2, -0.15) is 0 Å². The minimum absolute atomic E-state index is 0.141. The highest BCUT2D eigenvalue weighted by Gasteiger charge is 2.27. The number of nitrogens with one attached hydrogen (secondary N) is 2. The first kappa shape index (κ1) is 14.7. The third kappa shape index (κ3) is 3.68. The number of aryl methyl sites for hydroxylation is 1. The van der Waals surface area contributed by atoms with Gasteiger partial charge in [0.05, 0.1) is 11.3 Å². The smallest absolute Gasteiger partial charge is 0.255 e. The van der Waals surface area contributed by atoms with Crippen LogP contribution >= 0.6 is 0 Å². The second kappa shape index (κ2) is 6.67. The Labute approximate surface area is 119 Å². The van der Waals surface area contributed by atoms with Crippen molar-refractivity contribution in [2.75, 3.05) is 25.1 Å². The van der Waals surface area contributed by atoms with Gasteiger partial charge in [-0.05, 0) is 32.4 Å². The van der Waals surface area contributed by atoms with E-state index in [-0.39, 0.29) is 5.91 Å². The lowest BCUT2D eigenvalue weighted by Crippen LogP contribution is -2.36. The monoisotopic (exact) mass is 277 g/mol. The van der Waals surface area contributed by atoms with Gasteiger partial charge >= 0.3 is 0 Å². The van der Waals surface area contributed by atoms with Crippen molar-refractivity contribution in [3.05, 3.63) is 23.5 Å². The molecule has 110 valence electrons. The number of likely N-dealkylation sites (N-methyl/N-ethyl adjacent to an activating group) is 1. The van der Waals surface area contributed by atoms with E-state index in [9.17, 15) is 4.79 Å². The van der Waals surface area contributed by atoms with E-state index >= 15 is 0 Å². The number of carbonyl (C=O) groups is 1. The summed E-state index contributed by atoms with van der Waals surface area (Å²) in [6, 6.07) is 2.48. The molecule has 1 aromatic rings. The zero-order valence-corrected chi connectivity index (χ0v) is 12.1. The molecular weight excluding hydrogens is 254 g/mol. The lowest BCUT2D eigenvalue weighted by molar-refractivity contribution is 0.0948. The maximum Gasteiger partial charge on any atom is 0.255 e. The topological polar surface area (TPSA) is 83.3 Å². The van der Waals surface area contributed by atoms with Crippen LogP contribution < -0.4 is 16.6 Å². The van der Waals surface area contributed by atoms with Crippen molar-refractivity contribution in [1.82, 2.24) is 15.2 Å². The van der Waals surface area contributed by atoms with E-state index in [1.54, 1.807) is 12.3 Å². The first-order valence-corrected chi connectivity index (χ1v) is 7.11. The third-order valence-electron chi connectivity index (χ3n) is 3.59. The Bertz CT molecular complexity index is 473. The molecule has 1 aromatic heterocycles. The predicted octanol–water partition coefficient (Wildman–Crippen LogP) is 0.890. The summed E-state index contributed by atoms with van der Waals surface area (Å²) in [4.78, 5) is 18.7. The Morgan fingerprint density at radius 2 is 2.30 bits per heavy atom. The summed E-state index contributed by atoms with van der Waals surface area (Å²) in [6.07, 6.45) is 4.12. The Balaban J connectivity index is 1.88. The van der Waals surface area contributed by atoms with Gasteiger partial charge in [0, 0.05) is 31.0 Å². The van der Waals surface area contributed by atoms with Crippen LogP contribution in [-0.2, 0) is 0 Å². The van der Waals surface area contributed by atoms with Gasteiger partial charge in [0.1, 0.15) is 0 Å². The van der Waals surface area contributed by atoms with E-state index in [2.05, 4.69) is 27.6 Å². The molecule has 1 aliphatic rings. The largest absolute Gasteiger partial charge is 0.351 e. The number of hydrogen-bond acceptors (Lipinski definition) is 5. The summed E-state index contributed by atoms with van der Waals surface area (Å²) in [5, 5.41) is 2.92. The minimum atomic E-state index is -0.141. The fraction of sp³-hybridized carbons (Fsp3) is 0.571. The lowest BCUT2D eigenvalue weighted by Gasteiger charge is -2.20. The zero-order valence-electron chi connectivity index (χ0n) is 12.1. The van der Waals surface area contributed by atoms with E-state index in [4.69, 9.17) is 5.84 Å². The summed E-state index contributed by atoms with van der Waals surface area (Å²) in [7, 11) is 0. The first-order chi connectivity index (χ1) is 9.65. The van der Waals surface area contributed by atoms with Crippen molar-refractivity contribution in [2.24, 2.45) is 5.84 Å². The van der Waals surface area contributed by atoms with Gasteiger partial charge in [-0.1, -0.05) is 6.92 Å². The van der Waals surface area contributed by atoms with Gasteiger partial charge in [0.25, 0.3) is 5.91 Å². The fourth-order valence-electron chi connectivity index (χ4n) is 2.31. The second-order valence-corrected chi connectivity index (χ2v) is 5.13. The maximum absolute atomic E-state index is 12.1. The van der Waals surface area contributed by atoms with Crippen molar-refractivity contribution >= 4 is 11.6 Å². The molecule has 0 atom stereocenters. The SMILES string of the molecule is CCN(CCNC(=O)c1cnc(C)cc1NN)C1CC1. The summed E-state index contributed by atoms with van der Waals surface area (Å²) >= 11 is 0. The molecule has 6 nitrogen and oxygen atoms in total. The molecule has 0 aliphatic heterocycles. The van der Waals surface area contributed by atoms with Gasteiger partial charge in [-0.25, -0.2) is 0 Å². The van der Waals surface area contributed by atoms with Crippen LogP contribution in [0, 0.1) is 6.92 Å². The number of nitrogens with two attached hydrogens (primary N) is 1. The van der Waals surface area contributed by atoms with Crippen LogP contribution in [0.3, 0.4) is 0 Å². The maximum atomic E-state index is 12.1. The van der Waals surface area contributed by atoms with Crippen LogP contribution in [-0.4, -0.2) is 41.5 Å². The summed E-state index contributed by atoms with van der Waals surface area (Å²) < 4.78 is 0. The molecule has 6 heteroatoms. The highest BCUT2D eigenvalue weighted by atomic mass is 16.1. The average Bonchev–Trinajstić information content (AvgIpc) is 3.27. The van der Waals surface area contributed by atoms with E-state index < -0.39 is 0 Å². The highest BCUT2D eigenvalue weighted by molar-refractivity contribution is 5.99. The molecule has 2 rings (SSSR count). The van der Waals surface area contributed by atoms with Crippen molar-refractivity contribution in [3.63, 3.8) is 0 Å². The molecule has 1 fully saturated rings. The van der Waals surface area contributed by atoms with E-state index in [1.165, 1.54) is 12.8 Å². The average molecular weight is 277 g/mol.